The number of hydrogen-bond acceptors (Lipinski definition) is 4. The van der Waals surface area contributed by atoms with Crippen LogP contribution >= 0.6 is 0 Å². The summed E-state index contributed by atoms with van der Waals surface area (Å²) in [6.07, 6.45) is 2.34. The molecule has 1 aliphatic heterocycles. The lowest BCUT2D eigenvalue weighted by atomic mass is 9.87. The molecule has 0 amide bonds. The minimum absolute atomic E-state index is 0.320. The highest BCUT2D eigenvalue weighted by atomic mass is 16.4. The Labute approximate surface area is 105 Å². The molecule has 18 heavy (non-hydrogen) atoms. The standard InChI is InChI=1S/C13H15N3O2/c1-3-9-12(10-6-4-5-7-14-10)11(13(17)18)8(2)15-16-9/h4-7,12,15H,3H2,1-2H3,(H,17,18). The Hall–Kier alpha value is -2.17. The van der Waals surface area contributed by atoms with Crippen LogP contribution in [-0.4, -0.2) is 21.8 Å². The zero-order chi connectivity index (χ0) is 13.1. The number of aromatic nitrogens is 1. The molecule has 5 nitrogen and oxygen atoms in total. The third-order valence-corrected chi connectivity index (χ3v) is 2.97. The van der Waals surface area contributed by atoms with E-state index in [-0.39, 0.29) is 5.92 Å². The van der Waals surface area contributed by atoms with E-state index >= 15 is 0 Å². The average molecular weight is 245 g/mol. The number of allylic oxidation sites excluding steroid dienone is 1. The van der Waals surface area contributed by atoms with E-state index in [1.807, 2.05) is 25.1 Å². The normalized spacial score (nSPS) is 19.2. The van der Waals surface area contributed by atoms with Crippen molar-refractivity contribution in [3.05, 3.63) is 41.4 Å². The second kappa shape index (κ2) is 5.00. The van der Waals surface area contributed by atoms with Crippen LogP contribution in [0, 0.1) is 0 Å². The van der Waals surface area contributed by atoms with E-state index in [0.29, 0.717) is 17.7 Å². The van der Waals surface area contributed by atoms with Crippen molar-refractivity contribution in [3.8, 4) is 0 Å². The number of aliphatic carboxylic acids is 1. The van der Waals surface area contributed by atoms with Crippen LogP contribution in [0.3, 0.4) is 0 Å². The van der Waals surface area contributed by atoms with Crippen LogP contribution in [0.4, 0.5) is 0 Å². The van der Waals surface area contributed by atoms with Crippen LogP contribution in [-0.2, 0) is 4.79 Å². The molecular formula is C13H15N3O2. The molecule has 1 aromatic heterocycles. The van der Waals surface area contributed by atoms with Crippen molar-refractivity contribution in [2.75, 3.05) is 0 Å². The maximum Gasteiger partial charge on any atom is 0.334 e. The van der Waals surface area contributed by atoms with Gasteiger partial charge < -0.3 is 5.11 Å². The van der Waals surface area contributed by atoms with Crippen molar-refractivity contribution in [1.29, 1.82) is 0 Å². The van der Waals surface area contributed by atoms with Crippen LogP contribution in [0.25, 0.3) is 0 Å². The second-order valence-corrected chi connectivity index (χ2v) is 4.10. The molecule has 0 saturated heterocycles. The fraction of sp³-hybridized carbons (Fsp3) is 0.308. The first-order valence-corrected chi connectivity index (χ1v) is 5.82. The summed E-state index contributed by atoms with van der Waals surface area (Å²) in [6, 6.07) is 5.49. The molecule has 0 spiro atoms. The van der Waals surface area contributed by atoms with E-state index in [9.17, 15) is 9.90 Å². The average Bonchev–Trinajstić information content (AvgIpc) is 2.39. The second-order valence-electron chi connectivity index (χ2n) is 4.10. The Bertz CT molecular complexity index is 520. The third-order valence-electron chi connectivity index (χ3n) is 2.97. The molecule has 0 aliphatic carbocycles. The molecule has 0 aromatic carbocycles. The summed E-state index contributed by atoms with van der Waals surface area (Å²) in [6.45, 7) is 3.67. The number of nitrogens with one attached hydrogen (secondary N) is 1. The lowest BCUT2D eigenvalue weighted by Crippen LogP contribution is -2.30. The quantitative estimate of drug-likeness (QED) is 0.852. The van der Waals surface area contributed by atoms with Gasteiger partial charge in [0.25, 0.3) is 0 Å². The molecule has 1 atom stereocenters. The number of nitrogens with zero attached hydrogens (tertiary/aromatic N) is 2. The van der Waals surface area contributed by atoms with Crippen molar-refractivity contribution < 1.29 is 9.90 Å². The first kappa shape index (κ1) is 12.3. The van der Waals surface area contributed by atoms with E-state index in [0.717, 1.165) is 11.4 Å². The molecular weight excluding hydrogens is 230 g/mol. The predicted octanol–water partition coefficient (Wildman–Crippen LogP) is 1.89. The Morgan fingerprint density at radius 2 is 2.28 bits per heavy atom. The van der Waals surface area contributed by atoms with Gasteiger partial charge in [0.05, 0.1) is 22.9 Å². The van der Waals surface area contributed by atoms with Gasteiger partial charge in [-0.2, -0.15) is 5.10 Å². The molecule has 5 heteroatoms. The van der Waals surface area contributed by atoms with Crippen molar-refractivity contribution in [3.63, 3.8) is 0 Å². The van der Waals surface area contributed by atoms with Crippen LogP contribution < -0.4 is 5.43 Å². The van der Waals surface area contributed by atoms with Crippen molar-refractivity contribution in [2.24, 2.45) is 5.10 Å². The lowest BCUT2D eigenvalue weighted by Gasteiger charge is -2.25. The van der Waals surface area contributed by atoms with Crippen LogP contribution in [0.5, 0.6) is 0 Å². The van der Waals surface area contributed by atoms with Gasteiger partial charge in [0.2, 0.25) is 0 Å². The number of carbonyl (C=O) groups is 1. The maximum absolute atomic E-state index is 11.4. The minimum Gasteiger partial charge on any atom is -0.478 e. The number of carboxylic acids is 1. The van der Waals surface area contributed by atoms with Gasteiger partial charge in [-0.25, -0.2) is 4.79 Å². The Balaban J connectivity index is 2.53. The summed E-state index contributed by atoms with van der Waals surface area (Å²) in [5, 5.41) is 13.6. The highest BCUT2D eigenvalue weighted by Gasteiger charge is 2.32. The summed E-state index contributed by atoms with van der Waals surface area (Å²) in [7, 11) is 0. The molecule has 1 unspecified atom stereocenters. The molecule has 0 bridgehead atoms. The zero-order valence-corrected chi connectivity index (χ0v) is 10.3. The summed E-state index contributed by atoms with van der Waals surface area (Å²) in [5.41, 5.74) is 5.17. The molecule has 94 valence electrons. The van der Waals surface area contributed by atoms with Gasteiger partial charge >= 0.3 is 5.97 Å². The Morgan fingerprint density at radius 1 is 1.50 bits per heavy atom. The topological polar surface area (TPSA) is 74.6 Å². The molecule has 2 N–H and O–H groups in total. The lowest BCUT2D eigenvalue weighted by molar-refractivity contribution is -0.132. The largest absolute Gasteiger partial charge is 0.478 e. The third kappa shape index (κ3) is 2.11. The highest BCUT2D eigenvalue weighted by molar-refractivity contribution is 6.03. The van der Waals surface area contributed by atoms with E-state index in [4.69, 9.17) is 0 Å². The molecule has 2 heterocycles. The summed E-state index contributed by atoms with van der Waals surface area (Å²) in [4.78, 5) is 15.7. The van der Waals surface area contributed by atoms with Gasteiger partial charge in [0.15, 0.2) is 0 Å². The summed E-state index contributed by atoms with van der Waals surface area (Å²) in [5.74, 6) is -1.30. The molecule has 0 radical (unpaired) electrons. The van der Waals surface area contributed by atoms with Crippen molar-refractivity contribution >= 4 is 11.7 Å². The summed E-state index contributed by atoms with van der Waals surface area (Å²) < 4.78 is 0. The van der Waals surface area contributed by atoms with Crippen LogP contribution in [0.15, 0.2) is 40.8 Å². The molecule has 0 fully saturated rings. The number of hydrogen-bond donors (Lipinski definition) is 2. The first-order valence-electron chi connectivity index (χ1n) is 5.82. The predicted molar refractivity (Wildman–Crippen MR) is 68.2 cm³/mol. The maximum atomic E-state index is 11.4. The highest BCUT2D eigenvalue weighted by Crippen LogP contribution is 2.30. The monoisotopic (exact) mass is 245 g/mol. The molecule has 0 saturated carbocycles. The van der Waals surface area contributed by atoms with E-state index in [2.05, 4.69) is 15.5 Å². The van der Waals surface area contributed by atoms with E-state index < -0.39 is 5.97 Å². The van der Waals surface area contributed by atoms with Gasteiger partial charge in [0, 0.05) is 11.9 Å². The van der Waals surface area contributed by atoms with Crippen molar-refractivity contribution in [1.82, 2.24) is 10.4 Å². The van der Waals surface area contributed by atoms with Crippen molar-refractivity contribution in [2.45, 2.75) is 26.2 Å². The minimum atomic E-state index is -0.934. The number of pyridine rings is 1. The SMILES string of the molecule is CCC1=NNC(C)=C(C(=O)O)C1c1ccccn1. The molecule has 2 rings (SSSR count). The van der Waals surface area contributed by atoms with Gasteiger partial charge in [-0.05, 0) is 25.5 Å². The summed E-state index contributed by atoms with van der Waals surface area (Å²) >= 11 is 0. The molecule has 1 aromatic rings. The first-order chi connectivity index (χ1) is 8.65. The van der Waals surface area contributed by atoms with E-state index in [1.165, 1.54) is 0 Å². The Kier molecular flexibility index (Phi) is 3.41. The number of hydrazone groups is 1. The van der Waals surface area contributed by atoms with Gasteiger partial charge in [0.1, 0.15) is 0 Å². The fourth-order valence-electron chi connectivity index (χ4n) is 2.10. The smallest absolute Gasteiger partial charge is 0.334 e. The Morgan fingerprint density at radius 3 is 2.83 bits per heavy atom. The van der Waals surface area contributed by atoms with Gasteiger partial charge in [-0.3, -0.25) is 10.4 Å². The fourth-order valence-corrected chi connectivity index (χ4v) is 2.10. The van der Waals surface area contributed by atoms with Gasteiger partial charge in [-0.15, -0.1) is 0 Å². The van der Waals surface area contributed by atoms with Crippen LogP contribution in [0.2, 0.25) is 0 Å². The van der Waals surface area contributed by atoms with E-state index in [1.54, 1.807) is 13.1 Å². The van der Waals surface area contributed by atoms with Crippen LogP contribution in [0.1, 0.15) is 31.9 Å². The zero-order valence-electron chi connectivity index (χ0n) is 10.3. The number of carboxylic acid groups (broad SMARTS) is 1. The number of rotatable bonds is 3. The van der Waals surface area contributed by atoms with Gasteiger partial charge in [-0.1, -0.05) is 13.0 Å². The molecule has 1 aliphatic rings.